The minimum atomic E-state index is -0.757. The number of halogens is 1. The lowest BCUT2D eigenvalue weighted by Gasteiger charge is -2.28. The predicted octanol–water partition coefficient (Wildman–Crippen LogP) is 3.54. The van der Waals surface area contributed by atoms with E-state index in [9.17, 15) is 14.4 Å². The number of ether oxygens (including phenoxy) is 1. The molecule has 1 N–H and O–H groups in total. The molecule has 0 atom stereocenters. The van der Waals surface area contributed by atoms with E-state index in [0.717, 1.165) is 0 Å². The molecule has 4 rings (SSSR count). The molecule has 1 aromatic heterocycles. The molecule has 2 aromatic carbocycles. The minimum absolute atomic E-state index is 0.0156. The number of amides is 2. The monoisotopic (exact) mass is 398 g/mol. The van der Waals surface area contributed by atoms with Gasteiger partial charge in [0.25, 0.3) is 5.91 Å². The lowest BCUT2D eigenvalue weighted by Crippen LogP contribution is -2.44. The number of rotatable bonds is 3. The molecule has 1 aliphatic rings. The van der Waals surface area contributed by atoms with Crippen LogP contribution in [0.5, 0.6) is 0 Å². The molecular formula is C20H15ClN2O5. The van der Waals surface area contributed by atoms with Crippen LogP contribution in [0.4, 0.5) is 11.4 Å². The van der Waals surface area contributed by atoms with Crippen LogP contribution in [0.3, 0.4) is 0 Å². The summed E-state index contributed by atoms with van der Waals surface area (Å²) < 4.78 is 10.7. The van der Waals surface area contributed by atoms with Gasteiger partial charge in [-0.25, -0.2) is 4.79 Å². The van der Waals surface area contributed by atoms with Gasteiger partial charge < -0.3 is 14.5 Å². The number of fused-ring (bicyclic) bond motifs is 2. The van der Waals surface area contributed by atoms with E-state index in [-0.39, 0.29) is 18.2 Å². The van der Waals surface area contributed by atoms with Crippen molar-refractivity contribution in [2.24, 2.45) is 0 Å². The van der Waals surface area contributed by atoms with E-state index in [2.05, 4.69) is 5.32 Å². The second-order valence-electron chi connectivity index (χ2n) is 6.32. The summed E-state index contributed by atoms with van der Waals surface area (Å²) in [5.74, 6) is -1.56. The first kappa shape index (κ1) is 18.1. The average molecular weight is 399 g/mol. The fourth-order valence-electron chi connectivity index (χ4n) is 3.11. The molecule has 0 radical (unpaired) electrons. The Morgan fingerprint density at radius 1 is 1.25 bits per heavy atom. The van der Waals surface area contributed by atoms with Crippen LogP contribution in [0.25, 0.3) is 11.0 Å². The van der Waals surface area contributed by atoms with Crippen LogP contribution >= 0.6 is 11.6 Å². The van der Waals surface area contributed by atoms with E-state index < -0.39 is 18.5 Å². The largest absolute Gasteiger partial charge is 0.450 e. The molecule has 0 saturated heterocycles. The minimum Gasteiger partial charge on any atom is -0.450 e. The molecule has 0 bridgehead atoms. The van der Waals surface area contributed by atoms with Crippen molar-refractivity contribution in [1.82, 2.24) is 0 Å². The van der Waals surface area contributed by atoms with Crippen LogP contribution in [0.15, 0.2) is 46.9 Å². The molecule has 0 saturated carbocycles. The molecule has 8 heteroatoms. The van der Waals surface area contributed by atoms with Crippen LogP contribution in [0.2, 0.25) is 5.02 Å². The molecule has 2 amide bonds. The molecule has 142 valence electrons. The number of carbonyl (C=O) groups is 3. The second kappa shape index (κ2) is 7.01. The average Bonchev–Trinajstić information content (AvgIpc) is 3.01. The van der Waals surface area contributed by atoms with Crippen molar-refractivity contribution in [2.75, 3.05) is 23.4 Å². The molecular weight excluding hydrogens is 384 g/mol. The van der Waals surface area contributed by atoms with Gasteiger partial charge in [-0.3, -0.25) is 14.5 Å². The van der Waals surface area contributed by atoms with Gasteiger partial charge in [0.15, 0.2) is 6.61 Å². The maximum absolute atomic E-state index is 12.6. The summed E-state index contributed by atoms with van der Waals surface area (Å²) in [6, 6.07) is 11.9. The number of hydrogen-bond donors (Lipinski definition) is 1. The van der Waals surface area contributed by atoms with Crippen molar-refractivity contribution < 1.29 is 23.5 Å². The number of furan rings is 1. The maximum Gasteiger partial charge on any atom is 0.375 e. The van der Waals surface area contributed by atoms with Gasteiger partial charge in [0.2, 0.25) is 11.7 Å². The molecule has 7 nitrogen and oxygen atoms in total. The van der Waals surface area contributed by atoms with Gasteiger partial charge in [0.1, 0.15) is 12.1 Å². The van der Waals surface area contributed by atoms with E-state index >= 15 is 0 Å². The number of anilines is 2. The van der Waals surface area contributed by atoms with Crippen molar-refractivity contribution in [1.29, 1.82) is 0 Å². The quantitative estimate of drug-likeness (QED) is 0.682. The molecule has 0 unspecified atom stereocenters. The molecule has 0 fully saturated rings. The third kappa shape index (κ3) is 3.20. The third-order valence-electron chi connectivity index (χ3n) is 4.48. The van der Waals surface area contributed by atoms with Crippen LogP contribution < -0.4 is 10.2 Å². The van der Waals surface area contributed by atoms with Crippen molar-refractivity contribution in [2.45, 2.75) is 6.92 Å². The van der Waals surface area contributed by atoms with Gasteiger partial charge in [-0.05, 0) is 37.3 Å². The summed E-state index contributed by atoms with van der Waals surface area (Å²) in [7, 11) is 0. The lowest BCUT2D eigenvalue weighted by molar-refractivity contribution is -0.124. The van der Waals surface area contributed by atoms with Gasteiger partial charge >= 0.3 is 5.97 Å². The molecule has 2 heterocycles. The number of nitrogens with one attached hydrogen (secondary N) is 1. The van der Waals surface area contributed by atoms with Gasteiger partial charge in [-0.2, -0.15) is 0 Å². The first-order valence-electron chi connectivity index (χ1n) is 8.49. The maximum atomic E-state index is 12.6. The molecule has 1 aliphatic heterocycles. The molecule has 0 aliphatic carbocycles. The Bertz CT molecular complexity index is 1120. The normalized spacial score (nSPS) is 13.2. The number of benzene rings is 2. The van der Waals surface area contributed by atoms with E-state index in [4.69, 9.17) is 20.8 Å². The highest BCUT2D eigenvalue weighted by Crippen LogP contribution is 2.30. The molecule has 3 aromatic rings. The number of aryl methyl sites for hydroxylation is 1. The predicted molar refractivity (Wildman–Crippen MR) is 104 cm³/mol. The summed E-state index contributed by atoms with van der Waals surface area (Å²) in [4.78, 5) is 38.1. The number of carbonyl (C=O) groups excluding carboxylic acids is 3. The number of esters is 1. The van der Waals surface area contributed by atoms with Crippen molar-refractivity contribution >= 4 is 51.7 Å². The summed E-state index contributed by atoms with van der Waals surface area (Å²) in [6.45, 7) is 1.05. The number of hydrogen-bond acceptors (Lipinski definition) is 5. The topological polar surface area (TPSA) is 88.9 Å². The zero-order chi connectivity index (χ0) is 19.8. The lowest BCUT2D eigenvalue weighted by atomic mass is 10.1. The van der Waals surface area contributed by atoms with Crippen LogP contribution in [0.1, 0.15) is 16.1 Å². The SMILES string of the molecule is Cc1c(C(=O)OCC(=O)N2CC(=O)Nc3ccccc32)oc2ccc(Cl)cc12. The first-order valence-corrected chi connectivity index (χ1v) is 8.87. The van der Waals surface area contributed by atoms with Crippen molar-refractivity contribution in [3.63, 3.8) is 0 Å². The summed E-state index contributed by atoms with van der Waals surface area (Å²) in [5.41, 5.74) is 2.17. The first-order chi connectivity index (χ1) is 13.4. The van der Waals surface area contributed by atoms with Crippen LogP contribution in [-0.2, 0) is 14.3 Å². The van der Waals surface area contributed by atoms with E-state index in [1.54, 1.807) is 49.4 Å². The Balaban J connectivity index is 1.51. The Morgan fingerprint density at radius 3 is 2.86 bits per heavy atom. The number of para-hydroxylation sites is 2. The molecule has 0 spiro atoms. The van der Waals surface area contributed by atoms with E-state index in [0.29, 0.717) is 32.9 Å². The zero-order valence-corrected chi connectivity index (χ0v) is 15.6. The third-order valence-corrected chi connectivity index (χ3v) is 4.72. The second-order valence-corrected chi connectivity index (χ2v) is 6.75. The van der Waals surface area contributed by atoms with E-state index in [1.807, 2.05) is 0 Å². The molecule has 28 heavy (non-hydrogen) atoms. The Kier molecular flexibility index (Phi) is 4.52. The Hall–Kier alpha value is -3.32. The highest BCUT2D eigenvalue weighted by atomic mass is 35.5. The fraction of sp³-hybridized carbons (Fsp3) is 0.150. The highest BCUT2D eigenvalue weighted by molar-refractivity contribution is 6.31. The Labute approximate surface area is 164 Å². The van der Waals surface area contributed by atoms with Crippen LogP contribution in [-0.4, -0.2) is 30.9 Å². The summed E-state index contributed by atoms with van der Waals surface area (Å²) >= 11 is 5.98. The van der Waals surface area contributed by atoms with Gasteiger partial charge in [-0.15, -0.1) is 0 Å². The van der Waals surface area contributed by atoms with E-state index in [1.165, 1.54) is 4.90 Å². The summed E-state index contributed by atoms with van der Waals surface area (Å²) in [6.07, 6.45) is 0. The zero-order valence-electron chi connectivity index (χ0n) is 14.8. The highest BCUT2D eigenvalue weighted by Gasteiger charge is 2.28. The smallest absolute Gasteiger partial charge is 0.375 e. The van der Waals surface area contributed by atoms with Crippen molar-refractivity contribution in [3.8, 4) is 0 Å². The van der Waals surface area contributed by atoms with Crippen molar-refractivity contribution in [3.05, 3.63) is 58.8 Å². The summed E-state index contributed by atoms with van der Waals surface area (Å²) in [5, 5.41) is 3.92. The van der Waals surface area contributed by atoms with Crippen LogP contribution in [0, 0.1) is 6.92 Å². The fourth-order valence-corrected chi connectivity index (χ4v) is 3.29. The van der Waals surface area contributed by atoms with Gasteiger partial charge in [-0.1, -0.05) is 23.7 Å². The van der Waals surface area contributed by atoms with Gasteiger partial charge in [0, 0.05) is 16.0 Å². The number of nitrogens with zero attached hydrogens (tertiary/aromatic N) is 1. The Morgan fingerprint density at radius 2 is 2.04 bits per heavy atom. The standard InChI is InChI=1S/C20H15ClN2O5/c1-11-13-8-12(21)6-7-16(13)28-19(11)20(26)27-10-18(25)23-9-17(24)22-14-4-2-3-5-15(14)23/h2-8H,9-10H2,1H3,(H,22,24). The van der Waals surface area contributed by atoms with Gasteiger partial charge in [0.05, 0.1) is 11.4 Å².